The van der Waals surface area contributed by atoms with Gasteiger partial charge < -0.3 is 24.8 Å². The van der Waals surface area contributed by atoms with Crippen molar-refractivity contribution in [3.63, 3.8) is 0 Å². The first-order valence-corrected chi connectivity index (χ1v) is 12.4. The lowest BCUT2D eigenvalue weighted by molar-refractivity contribution is -0.136. The van der Waals surface area contributed by atoms with Crippen molar-refractivity contribution in [1.29, 1.82) is 0 Å². The average molecular weight is 565 g/mol. The second-order valence-electron chi connectivity index (χ2n) is 8.47. The van der Waals surface area contributed by atoms with Crippen molar-refractivity contribution in [3.05, 3.63) is 89.0 Å². The minimum absolute atomic E-state index is 0.157. The number of hydrogen-bond donors (Lipinski definition) is 3. The van der Waals surface area contributed by atoms with Crippen LogP contribution in [-0.2, 0) is 14.4 Å². The van der Waals surface area contributed by atoms with Crippen LogP contribution in [0.3, 0.4) is 0 Å². The van der Waals surface area contributed by atoms with Crippen molar-refractivity contribution >= 4 is 46.9 Å². The van der Waals surface area contributed by atoms with Crippen molar-refractivity contribution in [3.8, 4) is 17.2 Å². The quantitative estimate of drug-likeness (QED) is 0.135. The number of halogens is 1. The van der Waals surface area contributed by atoms with Crippen LogP contribution in [0, 0.1) is 13.8 Å². The number of nitrogens with one attached hydrogen (secondary N) is 3. The number of carbonyl (C=O) groups excluding carboxylic acids is 3. The molecule has 3 N–H and O–H groups in total. The fourth-order valence-corrected chi connectivity index (χ4v) is 3.70. The molecule has 0 aliphatic heterocycles. The molecule has 3 rings (SSSR count). The fraction of sp³-hybridized carbons (Fsp3) is 0.172. The SMILES string of the molecule is C=CCOc1ccc(NC(=O)C(=O)N/N=C\c2cc(Cl)c(OCC(=O)Nc3ccc(C)cc3C)c(OC)c2)cc1. The molecule has 3 amide bonds. The topological polar surface area (TPSA) is 127 Å². The van der Waals surface area contributed by atoms with Crippen molar-refractivity contribution < 1.29 is 28.6 Å². The number of hydrogen-bond acceptors (Lipinski definition) is 7. The van der Waals surface area contributed by atoms with Gasteiger partial charge in [-0.3, -0.25) is 14.4 Å². The molecule has 40 heavy (non-hydrogen) atoms. The molecule has 3 aromatic rings. The van der Waals surface area contributed by atoms with E-state index in [1.165, 1.54) is 19.4 Å². The Hall–Kier alpha value is -4.83. The maximum absolute atomic E-state index is 12.4. The Labute approximate surface area is 237 Å². The van der Waals surface area contributed by atoms with E-state index in [2.05, 4.69) is 27.7 Å². The van der Waals surface area contributed by atoms with Gasteiger partial charge >= 0.3 is 11.8 Å². The summed E-state index contributed by atoms with van der Waals surface area (Å²) in [7, 11) is 1.42. The van der Waals surface area contributed by atoms with Gasteiger partial charge in [-0.2, -0.15) is 5.10 Å². The van der Waals surface area contributed by atoms with Gasteiger partial charge in [0.25, 0.3) is 5.91 Å². The summed E-state index contributed by atoms with van der Waals surface area (Å²) >= 11 is 6.36. The summed E-state index contributed by atoms with van der Waals surface area (Å²) in [6.45, 7) is 7.50. The van der Waals surface area contributed by atoms with Gasteiger partial charge in [-0.1, -0.05) is 42.0 Å². The number of rotatable bonds is 11. The lowest BCUT2D eigenvalue weighted by Gasteiger charge is -2.14. The van der Waals surface area contributed by atoms with Crippen LogP contribution in [0.4, 0.5) is 11.4 Å². The molecular formula is C29H29ClN4O6. The summed E-state index contributed by atoms with van der Waals surface area (Å²) in [6.07, 6.45) is 2.89. The van der Waals surface area contributed by atoms with Gasteiger partial charge in [-0.15, -0.1) is 0 Å². The third kappa shape index (κ3) is 8.60. The number of hydrazone groups is 1. The molecule has 0 aliphatic carbocycles. The van der Waals surface area contributed by atoms with Crippen LogP contribution in [0.2, 0.25) is 5.02 Å². The maximum Gasteiger partial charge on any atom is 0.329 e. The van der Waals surface area contributed by atoms with Gasteiger partial charge in [-0.05, 0) is 67.4 Å². The van der Waals surface area contributed by atoms with Crippen LogP contribution in [0.5, 0.6) is 17.2 Å². The molecule has 208 valence electrons. The Kier molecular flexibility index (Phi) is 10.7. The summed E-state index contributed by atoms with van der Waals surface area (Å²) in [5, 5.41) is 9.22. The standard InChI is InChI=1S/C29H29ClN4O6/c1-5-12-39-22-9-7-21(8-10-22)32-28(36)29(37)34-31-16-20-14-23(30)27(25(15-20)38-4)40-17-26(35)33-24-11-6-18(2)13-19(24)3/h5-11,13-16H,1,12,17H2,2-4H3,(H,32,36)(H,33,35)(H,34,37)/b31-16-. The lowest BCUT2D eigenvalue weighted by Crippen LogP contribution is -2.32. The fourth-order valence-electron chi connectivity index (χ4n) is 3.43. The van der Waals surface area contributed by atoms with E-state index in [-0.39, 0.29) is 29.0 Å². The maximum atomic E-state index is 12.4. The van der Waals surface area contributed by atoms with E-state index in [1.54, 1.807) is 36.4 Å². The Balaban J connectivity index is 1.55. The number of benzene rings is 3. The minimum Gasteiger partial charge on any atom is -0.493 e. The van der Waals surface area contributed by atoms with Crippen LogP contribution < -0.4 is 30.3 Å². The highest BCUT2D eigenvalue weighted by Gasteiger charge is 2.15. The molecule has 0 heterocycles. The van der Waals surface area contributed by atoms with Crippen LogP contribution in [0.1, 0.15) is 16.7 Å². The molecule has 0 saturated heterocycles. The Morgan fingerprint density at radius 1 is 0.975 bits per heavy atom. The summed E-state index contributed by atoms with van der Waals surface area (Å²) in [5.74, 6) is -1.24. The van der Waals surface area contributed by atoms with Crippen LogP contribution in [0.25, 0.3) is 0 Å². The first-order chi connectivity index (χ1) is 19.2. The first-order valence-electron chi connectivity index (χ1n) is 12.1. The number of aryl methyl sites for hydroxylation is 2. The second kappa shape index (κ2) is 14.4. The molecule has 0 bridgehead atoms. The first kappa shape index (κ1) is 29.7. The van der Waals surface area contributed by atoms with Crippen LogP contribution in [-0.4, -0.2) is 44.3 Å². The van der Waals surface area contributed by atoms with Gasteiger partial charge in [0, 0.05) is 11.4 Å². The normalized spacial score (nSPS) is 10.5. The van der Waals surface area contributed by atoms with Crippen molar-refractivity contribution in [2.45, 2.75) is 13.8 Å². The summed E-state index contributed by atoms with van der Waals surface area (Å²) in [6, 6.07) is 15.2. The Bertz CT molecular complexity index is 1420. The van der Waals surface area contributed by atoms with E-state index in [0.717, 1.165) is 11.1 Å². The third-order valence-corrected chi connectivity index (χ3v) is 5.60. The molecule has 0 atom stereocenters. The van der Waals surface area contributed by atoms with Crippen molar-refractivity contribution in [2.24, 2.45) is 5.10 Å². The average Bonchev–Trinajstić information content (AvgIpc) is 2.93. The number of ether oxygens (including phenoxy) is 3. The minimum atomic E-state index is -0.976. The van der Waals surface area contributed by atoms with Gasteiger partial charge in [0.15, 0.2) is 18.1 Å². The van der Waals surface area contributed by atoms with E-state index in [4.69, 9.17) is 25.8 Å². The van der Waals surface area contributed by atoms with E-state index in [0.29, 0.717) is 29.3 Å². The number of methoxy groups -OCH3 is 1. The zero-order chi connectivity index (χ0) is 29.1. The van der Waals surface area contributed by atoms with E-state index < -0.39 is 11.8 Å². The van der Waals surface area contributed by atoms with Gasteiger partial charge in [0.2, 0.25) is 0 Å². The zero-order valence-electron chi connectivity index (χ0n) is 22.2. The predicted octanol–water partition coefficient (Wildman–Crippen LogP) is 4.64. The molecule has 0 radical (unpaired) electrons. The molecule has 0 unspecified atom stereocenters. The lowest BCUT2D eigenvalue weighted by atomic mass is 10.1. The van der Waals surface area contributed by atoms with E-state index in [1.807, 2.05) is 32.0 Å². The third-order valence-electron chi connectivity index (χ3n) is 5.32. The molecule has 0 aromatic heterocycles. The Morgan fingerprint density at radius 3 is 2.40 bits per heavy atom. The van der Waals surface area contributed by atoms with E-state index >= 15 is 0 Å². The molecular weight excluding hydrogens is 536 g/mol. The largest absolute Gasteiger partial charge is 0.493 e. The number of nitrogens with zero attached hydrogens (tertiary/aromatic N) is 1. The highest BCUT2D eigenvalue weighted by molar-refractivity contribution is 6.39. The molecule has 0 fully saturated rings. The monoisotopic (exact) mass is 564 g/mol. The number of carbonyl (C=O) groups is 3. The molecule has 3 aromatic carbocycles. The highest BCUT2D eigenvalue weighted by atomic mass is 35.5. The van der Waals surface area contributed by atoms with Gasteiger partial charge in [-0.25, -0.2) is 5.43 Å². The predicted molar refractivity (Wildman–Crippen MR) is 155 cm³/mol. The highest BCUT2D eigenvalue weighted by Crippen LogP contribution is 2.36. The molecule has 10 nitrogen and oxygen atoms in total. The Morgan fingerprint density at radius 2 is 1.73 bits per heavy atom. The van der Waals surface area contributed by atoms with Gasteiger partial charge in [0.1, 0.15) is 12.4 Å². The van der Waals surface area contributed by atoms with Gasteiger partial charge in [0.05, 0.1) is 18.3 Å². The summed E-state index contributed by atoms with van der Waals surface area (Å²) in [4.78, 5) is 36.7. The molecule has 11 heteroatoms. The summed E-state index contributed by atoms with van der Waals surface area (Å²) in [5.41, 5.74) is 5.71. The second-order valence-corrected chi connectivity index (χ2v) is 8.87. The molecule has 0 spiro atoms. The molecule has 0 saturated carbocycles. The van der Waals surface area contributed by atoms with E-state index in [9.17, 15) is 14.4 Å². The number of anilines is 2. The summed E-state index contributed by atoms with van der Waals surface area (Å²) < 4.78 is 16.3. The van der Waals surface area contributed by atoms with Crippen molar-refractivity contribution in [1.82, 2.24) is 5.43 Å². The van der Waals surface area contributed by atoms with Crippen molar-refractivity contribution in [2.75, 3.05) is 31.0 Å². The molecule has 0 aliphatic rings. The van der Waals surface area contributed by atoms with Crippen LogP contribution >= 0.6 is 11.6 Å². The zero-order valence-corrected chi connectivity index (χ0v) is 23.0. The van der Waals surface area contributed by atoms with Crippen LogP contribution in [0.15, 0.2) is 72.4 Å². The number of amides is 3. The smallest absolute Gasteiger partial charge is 0.329 e.